The molecule has 7 heteroatoms. The minimum Gasteiger partial charge on any atom is -0.382 e. The molecular formula is C23H35N5O2. The molecule has 2 aliphatic rings. The largest absolute Gasteiger partial charge is 0.382 e. The third-order valence-electron chi connectivity index (χ3n) is 6.68. The third kappa shape index (κ3) is 4.77. The van der Waals surface area contributed by atoms with Crippen molar-refractivity contribution in [1.29, 1.82) is 0 Å². The first kappa shape index (κ1) is 21.1. The first-order chi connectivity index (χ1) is 14.5. The first-order valence-electron chi connectivity index (χ1n) is 11.5. The lowest BCUT2D eigenvalue weighted by molar-refractivity contribution is -0.125. The van der Waals surface area contributed by atoms with E-state index in [9.17, 15) is 4.79 Å². The highest BCUT2D eigenvalue weighted by molar-refractivity contribution is 5.88. The van der Waals surface area contributed by atoms with Gasteiger partial charge in [0.25, 0.3) is 0 Å². The Morgan fingerprint density at radius 1 is 1.17 bits per heavy atom. The van der Waals surface area contributed by atoms with Crippen LogP contribution in [0.5, 0.6) is 0 Å². The monoisotopic (exact) mass is 413 g/mol. The number of pyridine rings is 1. The van der Waals surface area contributed by atoms with Crippen LogP contribution in [0.4, 0.5) is 5.82 Å². The topological polar surface area (TPSA) is 95.1 Å². The van der Waals surface area contributed by atoms with E-state index in [0.717, 1.165) is 59.8 Å². The number of aromatic nitrogens is 3. The number of carbonyl (C=O) groups is 1. The summed E-state index contributed by atoms with van der Waals surface area (Å²) in [6.07, 6.45) is 9.25. The second-order valence-corrected chi connectivity index (χ2v) is 8.95. The molecule has 2 aromatic heterocycles. The number of fused-ring (bicyclic) bond motifs is 1. The van der Waals surface area contributed by atoms with Gasteiger partial charge < -0.3 is 20.4 Å². The minimum atomic E-state index is 0.188. The number of nitrogen functional groups attached to an aromatic ring is 1. The highest BCUT2D eigenvalue weighted by atomic mass is 16.5. The average molecular weight is 414 g/mol. The van der Waals surface area contributed by atoms with Gasteiger partial charge in [0.15, 0.2) is 5.82 Å². The maximum absolute atomic E-state index is 12.1. The number of hydrogen-bond acceptors (Lipinski definition) is 5. The number of aryl methyl sites for hydroxylation is 3. The molecule has 2 heterocycles. The van der Waals surface area contributed by atoms with Gasteiger partial charge in [0, 0.05) is 31.1 Å². The normalized spacial score (nSPS) is 17.1. The molecule has 0 radical (unpaired) electrons. The molecule has 164 valence electrons. The lowest BCUT2D eigenvalue weighted by Gasteiger charge is -2.13. The van der Waals surface area contributed by atoms with E-state index in [0.29, 0.717) is 25.6 Å². The van der Waals surface area contributed by atoms with Gasteiger partial charge in [-0.05, 0) is 44.6 Å². The van der Waals surface area contributed by atoms with Crippen molar-refractivity contribution >= 4 is 22.8 Å². The SMILES string of the molecule is Cc1nc(N)c2nc(CCC3CC3)n(CCOCCNC(=O)C3CCCC3)c2c1C. The molecular weight excluding hydrogens is 378 g/mol. The van der Waals surface area contributed by atoms with E-state index < -0.39 is 0 Å². The number of ether oxygens (including phenoxy) is 1. The summed E-state index contributed by atoms with van der Waals surface area (Å²) in [5, 5.41) is 3.02. The molecule has 4 rings (SSSR count). The van der Waals surface area contributed by atoms with Crippen LogP contribution in [0.25, 0.3) is 11.0 Å². The molecule has 2 fully saturated rings. The van der Waals surface area contributed by atoms with Crippen LogP contribution in [0.1, 0.15) is 62.0 Å². The maximum Gasteiger partial charge on any atom is 0.223 e. The zero-order chi connectivity index (χ0) is 21.1. The Morgan fingerprint density at radius 3 is 2.67 bits per heavy atom. The van der Waals surface area contributed by atoms with Gasteiger partial charge in [0.05, 0.1) is 18.7 Å². The number of carbonyl (C=O) groups excluding carboxylic acids is 1. The zero-order valence-corrected chi connectivity index (χ0v) is 18.4. The number of nitrogens with two attached hydrogens (primary N) is 1. The van der Waals surface area contributed by atoms with Crippen LogP contribution in [0.15, 0.2) is 0 Å². The number of anilines is 1. The summed E-state index contributed by atoms with van der Waals surface area (Å²) < 4.78 is 8.13. The summed E-state index contributed by atoms with van der Waals surface area (Å²) in [5.41, 5.74) is 10.2. The van der Waals surface area contributed by atoms with Crippen molar-refractivity contribution in [3.8, 4) is 0 Å². The molecule has 2 aliphatic carbocycles. The predicted octanol–water partition coefficient (Wildman–Crippen LogP) is 3.30. The van der Waals surface area contributed by atoms with Gasteiger partial charge in [-0.3, -0.25) is 4.79 Å². The molecule has 0 atom stereocenters. The fourth-order valence-corrected chi connectivity index (χ4v) is 4.55. The molecule has 3 N–H and O–H groups in total. The van der Waals surface area contributed by atoms with Gasteiger partial charge in [0.2, 0.25) is 5.91 Å². The number of nitrogens with one attached hydrogen (secondary N) is 1. The molecule has 7 nitrogen and oxygen atoms in total. The van der Waals surface area contributed by atoms with E-state index in [1.165, 1.54) is 32.1 Å². The van der Waals surface area contributed by atoms with Crippen molar-refractivity contribution in [2.45, 2.75) is 71.8 Å². The predicted molar refractivity (Wildman–Crippen MR) is 118 cm³/mol. The molecule has 1 amide bonds. The molecule has 0 bridgehead atoms. The molecule has 2 aromatic rings. The van der Waals surface area contributed by atoms with E-state index >= 15 is 0 Å². The second-order valence-electron chi connectivity index (χ2n) is 8.95. The van der Waals surface area contributed by atoms with Crippen LogP contribution < -0.4 is 11.1 Å². The summed E-state index contributed by atoms with van der Waals surface area (Å²) in [6, 6.07) is 0. The van der Waals surface area contributed by atoms with Gasteiger partial charge in [0.1, 0.15) is 11.3 Å². The van der Waals surface area contributed by atoms with Crippen LogP contribution in [0.3, 0.4) is 0 Å². The van der Waals surface area contributed by atoms with Gasteiger partial charge in [-0.25, -0.2) is 9.97 Å². The number of hydrogen-bond donors (Lipinski definition) is 2. The molecule has 0 unspecified atom stereocenters. The van der Waals surface area contributed by atoms with Crippen LogP contribution in [0, 0.1) is 25.7 Å². The summed E-state index contributed by atoms with van der Waals surface area (Å²) in [5.74, 6) is 2.85. The summed E-state index contributed by atoms with van der Waals surface area (Å²) in [7, 11) is 0. The van der Waals surface area contributed by atoms with Gasteiger partial charge >= 0.3 is 0 Å². The second kappa shape index (κ2) is 9.33. The number of rotatable bonds is 10. The van der Waals surface area contributed by atoms with E-state index in [1.54, 1.807) is 0 Å². The molecule has 0 aromatic carbocycles. The fraction of sp³-hybridized carbons (Fsp3) is 0.696. The van der Waals surface area contributed by atoms with Crippen LogP contribution in [-0.2, 0) is 22.5 Å². The molecule has 30 heavy (non-hydrogen) atoms. The van der Waals surface area contributed by atoms with Crippen molar-refractivity contribution in [2.75, 3.05) is 25.5 Å². The minimum absolute atomic E-state index is 0.188. The Hall–Kier alpha value is -2.15. The third-order valence-corrected chi connectivity index (χ3v) is 6.68. The Bertz CT molecular complexity index is 897. The van der Waals surface area contributed by atoms with Crippen molar-refractivity contribution in [2.24, 2.45) is 11.8 Å². The Balaban J connectivity index is 1.35. The van der Waals surface area contributed by atoms with Gasteiger partial charge in [-0.2, -0.15) is 0 Å². The zero-order valence-electron chi connectivity index (χ0n) is 18.4. The van der Waals surface area contributed by atoms with Gasteiger partial charge in [-0.1, -0.05) is 25.7 Å². The van der Waals surface area contributed by atoms with Crippen molar-refractivity contribution < 1.29 is 9.53 Å². The van der Waals surface area contributed by atoms with Crippen LogP contribution in [-0.4, -0.2) is 40.2 Å². The van der Waals surface area contributed by atoms with Crippen molar-refractivity contribution in [3.05, 3.63) is 17.1 Å². The highest BCUT2D eigenvalue weighted by Gasteiger charge is 2.24. The maximum atomic E-state index is 12.1. The summed E-state index contributed by atoms with van der Waals surface area (Å²) in [6.45, 7) is 6.51. The standard InChI is InChI=1S/C23H35N5O2/c1-15-16(2)26-22(24)20-21(15)28(19(27-20)10-9-17-7-8-17)12-14-30-13-11-25-23(29)18-5-3-4-6-18/h17-18H,3-14H2,1-2H3,(H2,24,26)(H,25,29). The smallest absolute Gasteiger partial charge is 0.223 e. The van der Waals surface area contributed by atoms with Crippen molar-refractivity contribution in [1.82, 2.24) is 19.9 Å². The average Bonchev–Trinajstić information content (AvgIpc) is 3.24. The first-order valence-corrected chi connectivity index (χ1v) is 11.5. The molecule has 0 saturated heterocycles. The summed E-state index contributed by atoms with van der Waals surface area (Å²) in [4.78, 5) is 21.4. The van der Waals surface area contributed by atoms with Crippen LogP contribution >= 0.6 is 0 Å². The van der Waals surface area contributed by atoms with E-state index in [2.05, 4.69) is 21.8 Å². The number of imidazole rings is 1. The number of amides is 1. The molecule has 2 saturated carbocycles. The lowest BCUT2D eigenvalue weighted by Crippen LogP contribution is -2.32. The Kier molecular flexibility index (Phi) is 6.56. The van der Waals surface area contributed by atoms with E-state index in [4.69, 9.17) is 15.5 Å². The van der Waals surface area contributed by atoms with Crippen molar-refractivity contribution in [3.63, 3.8) is 0 Å². The highest BCUT2D eigenvalue weighted by Crippen LogP contribution is 2.34. The lowest BCUT2D eigenvalue weighted by atomic mass is 10.1. The van der Waals surface area contributed by atoms with Crippen LogP contribution in [0.2, 0.25) is 0 Å². The quantitative estimate of drug-likeness (QED) is 0.583. The number of nitrogens with zero attached hydrogens (tertiary/aromatic N) is 3. The van der Waals surface area contributed by atoms with Gasteiger partial charge in [-0.15, -0.1) is 0 Å². The summed E-state index contributed by atoms with van der Waals surface area (Å²) >= 11 is 0. The Labute approximate surface area is 178 Å². The molecule has 0 spiro atoms. The Morgan fingerprint density at radius 2 is 1.93 bits per heavy atom. The van der Waals surface area contributed by atoms with E-state index in [-0.39, 0.29) is 11.8 Å². The fourth-order valence-electron chi connectivity index (χ4n) is 4.55. The van der Waals surface area contributed by atoms with E-state index in [1.807, 2.05) is 6.92 Å². The molecule has 0 aliphatic heterocycles.